The van der Waals surface area contributed by atoms with Crippen molar-refractivity contribution in [2.75, 3.05) is 7.11 Å². The van der Waals surface area contributed by atoms with Crippen LogP contribution in [-0.2, 0) is 23.9 Å². The highest BCUT2D eigenvalue weighted by Gasteiger charge is 2.63. The fourth-order valence-corrected chi connectivity index (χ4v) is 9.00. The van der Waals surface area contributed by atoms with E-state index in [-0.39, 0.29) is 34.8 Å². The number of Topliss-reactive ketones (excluding diaryl/α,β-unsaturated/α-hetero) is 1. The lowest BCUT2D eigenvalue weighted by atomic mass is 9.44. The van der Waals surface area contributed by atoms with Crippen LogP contribution in [0.5, 0.6) is 0 Å². The lowest BCUT2D eigenvalue weighted by Crippen LogP contribution is -2.58. The highest BCUT2D eigenvalue weighted by atomic mass is 16.5. The van der Waals surface area contributed by atoms with Gasteiger partial charge in [0, 0.05) is 25.7 Å². The van der Waals surface area contributed by atoms with Gasteiger partial charge in [-0.2, -0.15) is 0 Å². The molecule has 0 saturated heterocycles. The predicted molar refractivity (Wildman–Crippen MR) is 122 cm³/mol. The number of esters is 2. The zero-order chi connectivity index (χ0) is 23.3. The standard InChI is InChI=1S/C27H42O5/c1-16(6-11-24(30)31-5)21-9-10-22-20-8-7-18-14-19(32-17(2)28)12-13-26(18,3)25(20)23(29)15-27(21,22)4/h16,18-22,25H,6-15H2,1-5H3/t16-,18-,19-,20+,21+,22-,25-,26+,27+/m1/s1. The van der Waals surface area contributed by atoms with Gasteiger partial charge in [-0.1, -0.05) is 20.8 Å². The molecule has 0 spiro atoms. The second kappa shape index (κ2) is 8.76. The Hall–Kier alpha value is -1.39. The maximum Gasteiger partial charge on any atom is 0.305 e. The number of fused-ring (bicyclic) bond motifs is 5. The van der Waals surface area contributed by atoms with Crippen molar-refractivity contribution in [2.45, 2.75) is 98.0 Å². The third-order valence-electron chi connectivity index (χ3n) is 10.4. The van der Waals surface area contributed by atoms with Gasteiger partial charge in [0.2, 0.25) is 0 Å². The minimum Gasteiger partial charge on any atom is -0.469 e. The van der Waals surface area contributed by atoms with Crippen LogP contribution in [0.1, 0.15) is 91.9 Å². The van der Waals surface area contributed by atoms with Gasteiger partial charge >= 0.3 is 11.9 Å². The Morgan fingerprint density at radius 2 is 1.84 bits per heavy atom. The molecule has 4 saturated carbocycles. The molecular weight excluding hydrogens is 404 g/mol. The van der Waals surface area contributed by atoms with Crippen molar-refractivity contribution in [2.24, 2.45) is 46.3 Å². The molecule has 5 heteroatoms. The molecule has 0 amide bonds. The number of carbonyl (C=O) groups is 3. The summed E-state index contributed by atoms with van der Waals surface area (Å²) in [5, 5.41) is 0. The van der Waals surface area contributed by atoms with Gasteiger partial charge in [0.15, 0.2) is 0 Å². The van der Waals surface area contributed by atoms with Crippen molar-refractivity contribution in [1.82, 2.24) is 0 Å². The van der Waals surface area contributed by atoms with Crippen molar-refractivity contribution in [1.29, 1.82) is 0 Å². The third kappa shape index (κ3) is 3.92. The van der Waals surface area contributed by atoms with E-state index in [4.69, 9.17) is 9.47 Å². The van der Waals surface area contributed by atoms with E-state index in [9.17, 15) is 14.4 Å². The van der Waals surface area contributed by atoms with Gasteiger partial charge in [-0.15, -0.1) is 0 Å². The second-order valence-corrected chi connectivity index (χ2v) is 12.0. The molecule has 4 aliphatic carbocycles. The number of carbonyl (C=O) groups excluding carboxylic acids is 3. The maximum atomic E-state index is 13.8. The molecule has 0 heterocycles. The van der Waals surface area contributed by atoms with E-state index >= 15 is 0 Å². The number of rotatable bonds is 5. The van der Waals surface area contributed by atoms with Crippen molar-refractivity contribution in [3.63, 3.8) is 0 Å². The van der Waals surface area contributed by atoms with Crippen molar-refractivity contribution >= 4 is 17.7 Å². The summed E-state index contributed by atoms with van der Waals surface area (Å²) in [6.45, 7) is 8.51. The van der Waals surface area contributed by atoms with Crippen LogP contribution >= 0.6 is 0 Å². The van der Waals surface area contributed by atoms with E-state index in [0.29, 0.717) is 48.2 Å². The van der Waals surface area contributed by atoms with Crippen LogP contribution in [0.25, 0.3) is 0 Å². The van der Waals surface area contributed by atoms with Crippen LogP contribution in [0.15, 0.2) is 0 Å². The molecule has 9 atom stereocenters. The minimum atomic E-state index is -0.185. The van der Waals surface area contributed by atoms with E-state index in [1.54, 1.807) is 0 Å². The molecule has 0 radical (unpaired) electrons. The average Bonchev–Trinajstić information content (AvgIpc) is 3.07. The summed E-state index contributed by atoms with van der Waals surface area (Å²) in [7, 11) is 1.45. The highest BCUT2D eigenvalue weighted by molar-refractivity contribution is 5.84. The molecule has 0 aromatic heterocycles. The number of hydrogen-bond donors (Lipinski definition) is 0. The molecule has 4 fully saturated rings. The quantitative estimate of drug-likeness (QED) is 0.533. The lowest BCUT2D eigenvalue weighted by molar-refractivity contribution is -0.169. The Balaban J connectivity index is 1.50. The largest absolute Gasteiger partial charge is 0.469 e. The summed E-state index contributed by atoms with van der Waals surface area (Å²) in [5.74, 6) is 2.85. The smallest absolute Gasteiger partial charge is 0.305 e. The van der Waals surface area contributed by atoms with E-state index in [1.165, 1.54) is 26.9 Å². The molecule has 0 aliphatic heterocycles. The Morgan fingerprint density at radius 3 is 2.53 bits per heavy atom. The monoisotopic (exact) mass is 446 g/mol. The summed E-state index contributed by atoms with van der Waals surface area (Å²) in [4.78, 5) is 37.0. The maximum absolute atomic E-state index is 13.8. The second-order valence-electron chi connectivity index (χ2n) is 12.0. The van der Waals surface area contributed by atoms with Crippen molar-refractivity contribution in [3.8, 4) is 0 Å². The summed E-state index contributed by atoms with van der Waals surface area (Å²) in [6.07, 6.45) is 9.51. The van der Waals surface area contributed by atoms with Crippen LogP contribution < -0.4 is 0 Å². The Morgan fingerprint density at radius 1 is 1.09 bits per heavy atom. The van der Waals surface area contributed by atoms with E-state index in [1.807, 2.05) is 0 Å². The number of methoxy groups -OCH3 is 1. The first-order chi connectivity index (χ1) is 15.1. The number of hydrogen-bond acceptors (Lipinski definition) is 5. The summed E-state index contributed by atoms with van der Waals surface area (Å²) >= 11 is 0. The predicted octanol–water partition coefficient (Wildman–Crippen LogP) is 5.35. The van der Waals surface area contributed by atoms with Gasteiger partial charge in [-0.3, -0.25) is 14.4 Å². The first kappa shape index (κ1) is 23.8. The Kier molecular flexibility index (Phi) is 6.50. The van der Waals surface area contributed by atoms with E-state index in [2.05, 4.69) is 20.8 Å². The summed E-state index contributed by atoms with van der Waals surface area (Å²) < 4.78 is 10.4. The van der Waals surface area contributed by atoms with Gasteiger partial charge in [0.25, 0.3) is 0 Å². The Labute approximate surface area is 193 Å². The Bertz CT molecular complexity index is 761. The zero-order valence-corrected chi connectivity index (χ0v) is 20.7. The van der Waals surface area contributed by atoms with E-state index in [0.717, 1.165) is 38.5 Å². The topological polar surface area (TPSA) is 69.7 Å². The number of ketones is 1. The molecule has 0 aromatic rings. The molecule has 5 nitrogen and oxygen atoms in total. The third-order valence-corrected chi connectivity index (χ3v) is 10.4. The molecule has 4 rings (SSSR count). The summed E-state index contributed by atoms with van der Waals surface area (Å²) in [6, 6.07) is 0. The molecule has 32 heavy (non-hydrogen) atoms. The number of ether oxygens (including phenoxy) is 2. The molecule has 4 aliphatic rings. The average molecular weight is 447 g/mol. The van der Waals surface area contributed by atoms with Crippen LogP contribution in [0.4, 0.5) is 0 Å². The van der Waals surface area contributed by atoms with Crippen LogP contribution in [-0.4, -0.2) is 30.9 Å². The van der Waals surface area contributed by atoms with Gasteiger partial charge in [0.05, 0.1) is 7.11 Å². The zero-order valence-electron chi connectivity index (χ0n) is 20.7. The van der Waals surface area contributed by atoms with Gasteiger partial charge < -0.3 is 9.47 Å². The van der Waals surface area contributed by atoms with Gasteiger partial charge in [-0.25, -0.2) is 0 Å². The van der Waals surface area contributed by atoms with Crippen molar-refractivity contribution < 1.29 is 23.9 Å². The van der Waals surface area contributed by atoms with Gasteiger partial charge in [0.1, 0.15) is 11.9 Å². The van der Waals surface area contributed by atoms with Crippen molar-refractivity contribution in [3.05, 3.63) is 0 Å². The fourth-order valence-electron chi connectivity index (χ4n) is 9.00. The molecule has 0 N–H and O–H groups in total. The van der Waals surface area contributed by atoms with Crippen LogP contribution in [0.3, 0.4) is 0 Å². The highest BCUT2D eigenvalue weighted by Crippen LogP contribution is 2.67. The van der Waals surface area contributed by atoms with Crippen LogP contribution in [0, 0.1) is 46.3 Å². The molecule has 0 unspecified atom stereocenters. The normalized spacial score (nSPS) is 44.1. The van der Waals surface area contributed by atoms with Crippen LogP contribution in [0.2, 0.25) is 0 Å². The first-order valence-electron chi connectivity index (χ1n) is 12.9. The first-order valence-corrected chi connectivity index (χ1v) is 12.9. The molecule has 0 bridgehead atoms. The summed E-state index contributed by atoms with van der Waals surface area (Å²) in [5.41, 5.74) is 0.110. The fraction of sp³-hybridized carbons (Fsp3) is 0.889. The molecular formula is C27H42O5. The van der Waals surface area contributed by atoms with E-state index < -0.39 is 0 Å². The molecule has 180 valence electrons. The minimum absolute atomic E-state index is 0.0256. The van der Waals surface area contributed by atoms with Gasteiger partial charge in [-0.05, 0) is 91.8 Å². The SMILES string of the molecule is COC(=O)CC[C@@H](C)[C@@H]1CC[C@@H]2[C@@H]3CC[C@@H]4C[C@H](OC(C)=O)CC[C@]4(C)[C@H]3C(=O)C[C@]21C. The molecule has 0 aromatic carbocycles. The lowest BCUT2D eigenvalue weighted by Gasteiger charge is -2.60.